The van der Waals surface area contributed by atoms with Gasteiger partial charge in [-0.05, 0) is 19.3 Å². The van der Waals surface area contributed by atoms with Gasteiger partial charge < -0.3 is 29.3 Å². The monoisotopic (exact) mass is 624 g/mol. The Morgan fingerprint density at radius 3 is 2.48 bits per heavy atom. The van der Waals surface area contributed by atoms with Gasteiger partial charge in [0.25, 0.3) is 0 Å². The summed E-state index contributed by atoms with van der Waals surface area (Å²) in [4.78, 5) is 49.5. The highest BCUT2D eigenvalue weighted by atomic mass is 79.9. The van der Waals surface area contributed by atoms with E-state index in [9.17, 15) is 14.4 Å². The molecule has 6 atom stereocenters. The molecule has 3 unspecified atom stereocenters. The highest BCUT2D eigenvalue weighted by molar-refractivity contribution is 9.09. The van der Waals surface area contributed by atoms with Gasteiger partial charge in [-0.25, -0.2) is 0 Å². The van der Waals surface area contributed by atoms with Crippen LogP contribution in [-0.4, -0.2) is 138 Å². The molecule has 40 heavy (non-hydrogen) atoms. The van der Waals surface area contributed by atoms with Crippen molar-refractivity contribution in [2.24, 2.45) is 11.8 Å². The topological polar surface area (TPSA) is 103 Å². The van der Waals surface area contributed by atoms with Crippen LogP contribution in [0.15, 0.2) is 25.3 Å². The predicted molar refractivity (Wildman–Crippen MR) is 155 cm³/mol. The van der Waals surface area contributed by atoms with E-state index in [1.54, 1.807) is 33.9 Å². The minimum atomic E-state index is -1.06. The van der Waals surface area contributed by atoms with Gasteiger partial charge in [0, 0.05) is 64.3 Å². The smallest absolute Gasteiger partial charge is 0.248 e. The summed E-state index contributed by atoms with van der Waals surface area (Å²) in [7, 11) is 1.71. The number of carbonyl (C=O) groups excluding carboxylic acids is 3. The summed E-state index contributed by atoms with van der Waals surface area (Å²) in [6, 6.07) is -0.806. The molecule has 0 aromatic carbocycles. The molecule has 0 radical (unpaired) electrons. The molecule has 0 aromatic rings. The molecule has 4 heterocycles. The van der Waals surface area contributed by atoms with Crippen LogP contribution in [0.4, 0.5) is 0 Å². The number of morpholine rings is 1. The average molecular weight is 626 g/mol. The van der Waals surface area contributed by atoms with E-state index in [1.165, 1.54) is 0 Å². The van der Waals surface area contributed by atoms with Crippen molar-refractivity contribution in [3.63, 3.8) is 0 Å². The van der Waals surface area contributed by atoms with Gasteiger partial charge in [0.15, 0.2) is 0 Å². The lowest BCUT2D eigenvalue weighted by Crippen LogP contribution is -2.57. The van der Waals surface area contributed by atoms with Crippen LogP contribution in [0.5, 0.6) is 0 Å². The number of ether oxygens (including phenoxy) is 2. The lowest BCUT2D eigenvalue weighted by atomic mass is 9.70. The molecule has 4 aliphatic heterocycles. The number of aliphatic hydroxyl groups is 1. The number of unbranched alkanes of at least 4 members (excludes halogenated alkanes) is 3. The van der Waals surface area contributed by atoms with Crippen LogP contribution in [0.2, 0.25) is 0 Å². The summed E-state index contributed by atoms with van der Waals surface area (Å²) in [6.45, 7) is 13.1. The first kappa shape index (κ1) is 31.2. The van der Waals surface area contributed by atoms with E-state index >= 15 is 0 Å². The van der Waals surface area contributed by atoms with Crippen molar-refractivity contribution < 1.29 is 29.0 Å². The molecule has 224 valence electrons. The number of alkyl halides is 1. The van der Waals surface area contributed by atoms with Crippen molar-refractivity contribution >= 4 is 33.7 Å². The zero-order valence-corrected chi connectivity index (χ0v) is 25.3. The standard InChI is InChI=1S/C29H45BrN4O6/c1-4-10-31(3)26(36)22-23-27(37)34(12-8-6-7-9-17-35)25(29(23)20-21(30)24(22)40-29)28(38)33(11-5-2)14-13-32-15-18-39-19-16-32/h4-5,21-25,35H,1-2,6-20H2,3H3/t21?,22-,23+,24-,25?,29?/m1/s1. The normalized spacial score (nSPS) is 31.3. The number of nitrogens with zero attached hydrogens (tertiary/aromatic N) is 4. The highest BCUT2D eigenvalue weighted by Gasteiger charge is 2.76. The van der Waals surface area contributed by atoms with Crippen molar-refractivity contribution in [2.45, 2.75) is 54.7 Å². The van der Waals surface area contributed by atoms with Crippen LogP contribution in [0.25, 0.3) is 0 Å². The van der Waals surface area contributed by atoms with Gasteiger partial charge in [0.05, 0.1) is 31.2 Å². The molecule has 11 heteroatoms. The summed E-state index contributed by atoms with van der Waals surface area (Å²) >= 11 is 3.74. The first-order valence-electron chi connectivity index (χ1n) is 14.6. The summed E-state index contributed by atoms with van der Waals surface area (Å²) in [5, 5.41) is 9.16. The van der Waals surface area contributed by atoms with Crippen molar-refractivity contribution in [3.05, 3.63) is 25.3 Å². The second-order valence-corrected chi connectivity index (χ2v) is 12.5. The highest BCUT2D eigenvalue weighted by Crippen LogP contribution is 2.60. The minimum Gasteiger partial charge on any atom is -0.396 e. The first-order chi connectivity index (χ1) is 19.3. The van der Waals surface area contributed by atoms with Crippen LogP contribution < -0.4 is 0 Å². The quantitative estimate of drug-likeness (QED) is 0.166. The van der Waals surface area contributed by atoms with E-state index in [0.29, 0.717) is 65.2 Å². The second-order valence-electron chi connectivity index (χ2n) is 11.4. The first-order valence-corrected chi connectivity index (χ1v) is 15.5. The van der Waals surface area contributed by atoms with E-state index < -0.39 is 29.6 Å². The molecule has 2 bridgehead atoms. The van der Waals surface area contributed by atoms with Gasteiger partial charge in [-0.1, -0.05) is 40.9 Å². The maximum Gasteiger partial charge on any atom is 0.248 e. The van der Waals surface area contributed by atoms with Gasteiger partial charge in [-0.15, -0.1) is 13.2 Å². The van der Waals surface area contributed by atoms with Gasteiger partial charge >= 0.3 is 0 Å². The Morgan fingerprint density at radius 2 is 1.80 bits per heavy atom. The molecule has 10 nitrogen and oxygen atoms in total. The lowest BCUT2D eigenvalue weighted by molar-refractivity contribution is -0.148. The molecule has 0 aromatic heterocycles. The predicted octanol–water partition coefficient (Wildman–Crippen LogP) is 1.28. The Hall–Kier alpha value is -1.79. The molecule has 1 spiro atoms. The Balaban J connectivity index is 1.63. The molecule has 4 saturated heterocycles. The maximum atomic E-state index is 14.4. The number of aliphatic hydroxyl groups excluding tert-OH is 1. The Kier molecular flexibility index (Phi) is 10.8. The van der Waals surface area contributed by atoms with Crippen molar-refractivity contribution in [2.75, 3.05) is 72.7 Å². The third kappa shape index (κ3) is 6.04. The van der Waals surface area contributed by atoms with Crippen LogP contribution in [0.1, 0.15) is 32.1 Å². The van der Waals surface area contributed by atoms with Gasteiger partial charge in [-0.3, -0.25) is 19.3 Å². The zero-order valence-electron chi connectivity index (χ0n) is 23.7. The third-order valence-corrected chi connectivity index (χ3v) is 9.69. The Bertz CT molecular complexity index is 945. The van der Waals surface area contributed by atoms with Gasteiger partial charge in [0.2, 0.25) is 17.7 Å². The molecule has 0 saturated carbocycles. The lowest BCUT2D eigenvalue weighted by Gasteiger charge is -2.38. The van der Waals surface area contributed by atoms with Crippen LogP contribution in [-0.2, 0) is 23.9 Å². The van der Waals surface area contributed by atoms with Crippen LogP contribution in [0.3, 0.4) is 0 Å². The fraction of sp³-hybridized carbons (Fsp3) is 0.759. The number of carbonyl (C=O) groups is 3. The number of amides is 3. The molecule has 0 aliphatic carbocycles. The molecule has 4 aliphatic rings. The molecular formula is C29H45BrN4O6. The molecular weight excluding hydrogens is 580 g/mol. The number of halogens is 1. The fourth-order valence-electron chi connectivity index (χ4n) is 6.92. The van der Waals surface area contributed by atoms with E-state index in [-0.39, 0.29) is 29.2 Å². The summed E-state index contributed by atoms with van der Waals surface area (Å²) in [6.07, 6.45) is 6.51. The molecule has 1 N–H and O–H groups in total. The SMILES string of the molecule is C=CCN(C)C(=O)[C@H]1[C@@H]2OC3(CC2Br)C(C(=O)N(CC=C)CCN2CCOCC2)N(CCCCCCO)C(=O)[C@H]13. The number of likely N-dealkylation sites (tertiary alicyclic amines) is 1. The van der Waals surface area contributed by atoms with E-state index in [0.717, 1.165) is 25.9 Å². The van der Waals surface area contributed by atoms with E-state index in [1.807, 2.05) is 0 Å². The molecule has 4 fully saturated rings. The minimum absolute atomic E-state index is 0.136. The number of rotatable bonds is 15. The average Bonchev–Trinajstić information content (AvgIpc) is 3.54. The second kappa shape index (κ2) is 13.9. The number of fused-ring (bicyclic) bond motifs is 1. The van der Waals surface area contributed by atoms with Crippen molar-refractivity contribution in [3.8, 4) is 0 Å². The van der Waals surface area contributed by atoms with E-state index in [2.05, 4.69) is 34.0 Å². The summed E-state index contributed by atoms with van der Waals surface area (Å²) < 4.78 is 12.1. The summed E-state index contributed by atoms with van der Waals surface area (Å²) in [5.41, 5.74) is -1.06. The number of hydrogen-bond acceptors (Lipinski definition) is 7. The summed E-state index contributed by atoms with van der Waals surface area (Å²) in [5.74, 6) is -1.83. The molecule has 3 amide bonds. The van der Waals surface area contributed by atoms with Crippen LogP contribution >= 0.6 is 15.9 Å². The zero-order chi connectivity index (χ0) is 28.9. The number of hydrogen-bond donors (Lipinski definition) is 1. The molecule has 4 rings (SSSR count). The third-order valence-electron chi connectivity index (χ3n) is 8.85. The largest absolute Gasteiger partial charge is 0.396 e. The van der Waals surface area contributed by atoms with Crippen molar-refractivity contribution in [1.29, 1.82) is 0 Å². The Labute approximate surface area is 246 Å². The van der Waals surface area contributed by atoms with Gasteiger partial charge in [0.1, 0.15) is 11.6 Å². The fourth-order valence-corrected chi connectivity index (χ4v) is 7.87. The van der Waals surface area contributed by atoms with Gasteiger partial charge in [-0.2, -0.15) is 0 Å². The number of likely N-dealkylation sites (N-methyl/N-ethyl adjacent to an activating group) is 1. The maximum absolute atomic E-state index is 14.4. The van der Waals surface area contributed by atoms with E-state index in [4.69, 9.17) is 14.6 Å². The Morgan fingerprint density at radius 1 is 1.10 bits per heavy atom. The van der Waals surface area contributed by atoms with Crippen LogP contribution in [0, 0.1) is 11.8 Å². The van der Waals surface area contributed by atoms with Crippen molar-refractivity contribution in [1.82, 2.24) is 19.6 Å².